The van der Waals surface area contributed by atoms with Gasteiger partial charge in [0.1, 0.15) is 12.2 Å². The lowest BCUT2D eigenvalue weighted by Gasteiger charge is -2.32. The zero-order chi connectivity index (χ0) is 7.24. The molecule has 2 aliphatic rings. The van der Waals surface area contributed by atoms with E-state index in [1.165, 1.54) is 0 Å². The van der Waals surface area contributed by atoms with Crippen molar-refractivity contribution in [3.63, 3.8) is 0 Å². The van der Waals surface area contributed by atoms with Crippen molar-refractivity contribution in [3.05, 3.63) is 0 Å². The highest BCUT2D eigenvalue weighted by Crippen LogP contribution is 2.35. The van der Waals surface area contributed by atoms with E-state index in [9.17, 15) is 0 Å². The van der Waals surface area contributed by atoms with Gasteiger partial charge in [0.05, 0.1) is 13.2 Å². The highest BCUT2D eigenvalue weighted by molar-refractivity contribution is 4.88. The predicted octanol–water partition coefficient (Wildman–Crippen LogP) is 0.538. The minimum atomic E-state index is -0.465. The first kappa shape index (κ1) is 6.58. The Balaban J connectivity index is 2.20. The molecule has 0 N–H and O–H groups in total. The SMILES string of the molecule is C[C@]12COC[C@](C)(OC1)O2. The average Bonchev–Trinajstić information content (AvgIpc) is 2.03. The van der Waals surface area contributed by atoms with Crippen LogP contribution in [-0.2, 0) is 14.2 Å². The molecule has 2 saturated heterocycles. The molecular formula is C7H12O3. The molecule has 0 saturated carbocycles. The molecule has 3 heteroatoms. The van der Waals surface area contributed by atoms with Gasteiger partial charge in [0.2, 0.25) is 0 Å². The highest BCUT2D eigenvalue weighted by Gasteiger charge is 2.49. The lowest BCUT2D eigenvalue weighted by molar-refractivity contribution is -0.248. The van der Waals surface area contributed by atoms with E-state index in [-0.39, 0.29) is 5.60 Å². The van der Waals surface area contributed by atoms with Crippen molar-refractivity contribution >= 4 is 0 Å². The number of hydrogen-bond donors (Lipinski definition) is 0. The smallest absolute Gasteiger partial charge is 0.189 e. The molecule has 0 aromatic rings. The molecule has 0 spiro atoms. The first-order chi connectivity index (χ1) is 4.62. The van der Waals surface area contributed by atoms with E-state index in [0.717, 1.165) is 0 Å². The van der Waals surface area contributed by atoms with Gasteiger partial charge in [-0.2, -0.15) is 0 Å². The highest BCUT2D eigenvalue weighted by atomic mass is 16.8. The minimum Gasteiger partial charge on any atom is -0.373 e. The quantitative estimate of drug-likeness (QED) is 0.496. The molecule has 3 nitrogen and oxygen atoms in total. The van der Waals surface area contributed by atoms with Crippen LogP contribution in [0.1, 0.15) is 13.8 Å². The summed E-state index contributed by atoms with van der Waals surface area (Å²) in [5, 5.41) is 0. The van der Waals surface area contributed by atoms with E-state index in [2.05, 4.69) is 0 Å². The molecule has 2 rings (SSSR count). The molecule has 0 aromatic carbocycles. The molecule has 0 aliphatic carbocycles. The van der Waals surface area contributed by atoms with Gasteiger partial charge in [0.25, 0.3) is 0 Å². The number of rotatable bonds is 0. The van der Waals surface area contributed by atoms with Gasteiger partial charge in [-0.25, -0.2) is 0 Å². The lowest BCUT2D eigenvalue weighted by Crippen LogP contribution is -2.45. The van der Waals surface area contributed by atoms with Gasteiger partial charge >= 0.3 is 0 Å². The van der Waals surface area contributed by atoms with Crippen molar-refractivity contribution < 1.29 is 14.2 Å². The summed E-state index contributed by atoms with van der Waals surface area (Å²) in [7, 11) is 0. The van der Waals surface area contributed by atoms with Crippen molar-refractivity contribution in [2.75, 3.05) is 19.8 Å². The molecule has 0 amide bonds. The second kappa shape index (κ2) is 1.72. The maximum atomic E-state index is 5.62. The minimum absolute atomic E-state index is 0.188. The third-order valence-corrected chi connectivity index (χ3v) is 1.92. The summed E-state index contributed by atoms with van der Waals surface area (Å²) in [6, 6.07) is 0. The molecule has 2 bridgehead atoms. The molecular weight excluding hydrogens is 132 g/mol. The van der Waals surface area contributed by atoms with Crippen molar-refractivity contribution in [1.82, 2.24) is 0 Å². The monoisotopic (exact) mass is 144 g/mol. The Labute approximate surface area is 60.3 Å². The van der Waals surface area contributed by atoms with Crippen LogP contribution in [0.2, 0.25) is 0 Å². The van der Waals surface area contributed by atoms with Crippen LogP contribution in [0.4, 0.5) is 0 Å². The maximum Gasteiger partial charge on any atom is 0.189 e. The molecule has 2 atom stereocenters. The Morgan fingerprint density at radius 2 is 1.90 bits per heavy atom. The number of fused-ring (bicyclic) bond motifs is 2. The summed E-state index contributed by atoms with van der Waals surface area (Å²) in [5.74, 6) is -0.465. The van der Waals surface area contributed by atoms with Crippen molar-refractivity contribution in [2.24, 2.45) is 0 Å². The van der Waals surface area contributed by atoms with E-state index in [1.807, 2.05) is 13.8 Å². The summed E-state index contributed by atoms with van der Waals surface area (Å²) in [4.78, 5) is 0. The number of ether oxygens (including phenoxy) is 3. The van der Waals surface area contributed by atoms with Crippen molar-refractivity contribution in [1.29, 1.82) is 0 Å². The van der Waals surface area contributed by atoms with Crippen LogP contribution in [0.3, 0.4) is 0 Å². The first-order valence-electron chi connectivity index (χ1n) is 3.54. The molecule has 2 fully saturated rings. The first-order valence-corrected chi connectivity index (χ1v) is 3.54. The third kappa shape index (κ3) is 0.856. The maximum absolute atomic E-state index is 5.62. The second-order valence-electron chi connectivity index (χ2n) is 3.47. The van der Waals surface area contributed by atoms with E-state index in [0.29, 0.717) is 19.8 Å². The Morgan fingerprint density at radius 1 is 1.10 bits per heavy atom. The zero-order valence-electron chi connectivity index (χ0n) is 6.35. The molecule has 0 unspecified atom stereocenters. The van der Waals surface area contributed by atoms with Crippen LogP contribution in [0.5, 0.6) is 0 Å². The molecule has 2 aliphatic heterocycles. The summed E-state index contributed by atoms with van der Waals surface area (Å²) < 4.78 is 16.4. The Morgan fingerprint density at radius 3 is 2.50 bits per heavy atom. The zero-order valence-corrected chi connectivity index (χ0v) is 6.35. The predicted molar refractivity (Wildman–Crippen MR) is 34.7 cm³/mol. The molecule has 58 valence electrons. The van der Waals surface area contributed by atoms with Crippen LogP contribution >= 0.6 is 0 Å². The van der Waals surface area contributed by atoms with E-state index in [1.54, 1.807) is 0 Å². The van der Waals surface area contributed by atoms with Crippen molar-refractivity contribution in [2.45, 2.75) is 25.2 Å². The molecule has 2 heterocycles. The van der Waals surface area contributed by atoms with Gasteiger partial charge in [-0.3, -0.25) is 0 Å². The fourth-order valence-electron chi connectivity index (χ4n) is 1.48. The molecule has 10 heavy (non-hydrogen) atoms. The second-order valence-corrected chi connectivity index (χ2v) is 3.47. The Hall–Kier alpha value is -0.120. The normalized spacial score (nSPS) is 53.4. The van der Waals surface area contributed by atoms with Crippen LogP contribution in [0.25, 0.3) is 0 Å². The van der Waals surface area contributed by atoms with Crippen LogP contribution in [0.15, 0.2) is 0 Å². The van der Waals surface area contributed by atoms with Gasteiger partial charge in [-0.05, 0) is 13.8 Å². The van der Waals surface area contributed by atoms with E-state index in [4.69, 9.17) is 14.2 Å². The summed E-state index contributed by atoms with van der Waals surface area (Å²) >= 11 is 0. The topological polar surface area (TPSA) is 27.7 Å². The van der Waals surface area contributed by atoms with Crippen LogP contribution < -0.4 is 0 Å². The van der Waals surface area contributed by atoms with Gasteiger partial charge in [0, 0.05) is 0 Å². The average molecular weight is 144 g/mol. The fraction of sp³-hybridized carbons (Fsp3) is 1.00. The van der Waals surface area contributed by atoms with E-state index >= 15 is 0 Å². The fourth-order valence-corrected chi connectivity index (χ4v) is 1.48. The van der Waals surface area contributed by atoms with E-state index < -0.39 is 5.79 Å². The van der Waals surface area contributed by atoms with Gasteiger partial charge in [-0.1, -0.05) is 0 Å². The summed E-state index contributed by atoms with van der Waals surface area (Å²) in [6.07, 6.45) is 0. The van der Waals surface area contributed by atoms with Gasteiger partial charge < -0.3 is 14.2 Å². The summed E-state index contributed by atoms with van der Waals surface area (Å²) in [6.45, 7) is 5.80. The lowest BCUT2D eigenvalue weighted by atomic mass is 10.1. The van der Waals surface area contributed by atoms with Crippen molar-refractivity contribution in [3.8, 4) is 0 Å². The summed E-state index contributed by atoms with van der Waals surface area (Å²) in [5.41, 5.74) is -0.188. The van der Waals surface area contributed by atoms with Crippen LogP contribution in [0, 0.1) is 0 Å². The third-order valence-electron chi connectivity index (χ3n) is 1.92. The van der Waals surface area contributed by atoms with Crippen LogP contribution in [-0.4, -0.2) is 31.2 Å². The Bertz CT molecular complexity index is 143. The largest absolute Gasteiger partial charge is 0.373 e. The number of hydrogen-bond acceptors (Lipinski definition) is 3. The Kier molecular flexibility index (Phi) is 1.14. The van der Waals surface area contributed by atoms with Gasteiger partial charge in [0.15, 0.2) is 5.79 Å². The van der Waals surface area contributed by atoms with Gasteiger partial charge in [-0.15, -0.1) is 0 Å². The molecule has 0 radical (unpaired) electrons. The molecule has 0 aromatic heterocycles. The standard InChI is InChI=1S/C7H12O3/c1-6-3-8-5-7(2,10-6)9-4-6/h3-5H2,1-2H3/t6-,7+/m0/s1.